The standard InChI is InChI=1S/C20H32O2/c1-4-7-10-17-12-14-19(15-13-17)20(21)22-16-18(9-6-3)11-8-5-2/h12-15,18H,4-11,16H2,1-3H3. The van der Waals surface area contributed by atoms with Gasteiger partial charge < -0.3 is 4.74 Å². The van der Waals surface area contributed by atoms with Crippen molar-refractivity contribution in [3.8, 4) is 0 Å². The van der Waals surface area contributed by atoms with Crippen LogP contribution in [0, 0.1) is 5.92 Å². The maximum Gasteiger partial charge on any atom is 0.338 e. The summed E-state index contributed by atoms with van der Waals surface area (Å²) in [6.07, 6.45) is 9.35. The van der Waals surface area contributed by atoms with E-state index in [2.05, 4.69) is 20.8 Å². The van der Waals surface area contributed by atoms with Crippen LogP contribution in [0.1, 0.15) is 81.6 Å². The second-order valence-electron chi connectivity index (χ2n) is 6.20. The Morgan fingerprint density at radius 2 is 1.64 bits per heavy atom. The van der Waals surface area contributed by atoms with Gasteiger partial charge in [-0.25, -0.2) is 4.79 Å². The van der Waals surface area contributed by atoms with Crippen molar-refractivity contribution in [1.82, 2.24) is 0 Å². The van der Waals surface area contributed by atoms with Gasteiger partial charge >= 0.3 is 5.97 Å². The van der Waals surface area contributed by atoms with E-state index in [4.69, 9.17) is 4.74 Å². The monoisotopic (exact) mass is 304 g/mol. The molecule has 124 valence electrons. The quantitative estimate of drug-likeness (QED) is 0.483. The van der Waals surface area contributed by atoms with Crippen LogP contribution in [0.2, 0.25) is 0 Å². The molecule has 0 aliphatic rings. The highest BCUT2D eigenvalue weighted by Gasteiger charge is 2.12. The van der Waals surface area contributed by atoms with Crippen molar-refractivity contribution in [2.45, 2.75) is 72.1 Å². The van der Waals surface area contributed by atoms with Crippen LogP contribution >= 0.6 is 0 Å². The van der Waals surface area contributed by atoms with Gasteiger partial charge in [-0.05, 0) is 49.3 Å². The molecule has 0 aromatic heterocycles. The molecule has 0 amide bonds. The Morgan fingerprint density at radius 1 is 0.955 bits per heavy atom. The van der Waals surface area contributed by atoms with Gasteiger partial charge in [-0.15, -0.1) is 0 Å². The van der Waals surface area contributed by atoms with E-state index >= 15 is 0 Å². The van der Waals surface area contributed by atoms with Gasteiger partial charge in [-0.3, -0.25) is 0 Å². The molecule has 0 heterocycles. The first-order chi connectivity index (χ1) is 10.7. The Balaban J connectivity index is 2.45. The van der Waals surface area contributed by atoms with Crippen LogP contribution in [0.4, 0.5) is 0 Å². The first-order valence-corrected chi connectivity index (χ1v) is 8.97. The predicted molar refractivity (Wildman–Crippen MR) is 93.3 cm³/mol. The molecule has 0 saturated heterocycles. The number of unbranched alkanes of at least 4 members (excludes halogenated alkanes) is 2. The second-order valence-corrected chi connectivity index (χ2v) is 6.20. The van der Waals surface area contributed by atoms with Gasteiger partial charge in [0.2, 0.25) is 0 Å². The van der Waals surface area contributed by atoms with Crippen molar-refractivity contribution in [2.24, 2.45) is 5.92 Å². The lowest BCUT2D eigenvalue weighted by atomic mass is 9.98. The molecule has 1 rings (SSSR count). The molecule has 2 heteroatoms. The SMILES string of the molecule is CCCCc1ccc(C(=O)OCC(CCC)CCCC)cc1. The molecule has 22 heavy (non-hydrogen) atoms. The summed E-state index contributed by atoms with van der Waals surface area (Å²) in [6, 6.07) is 7.89. The van der Waals surface area contributed by atoms with E-state index < -0.39 is 0 Å². The summed E-state index contributed by atoms with van der Waals surface area (Å²) in [6.45, 7) is 7.15. The van der Waals surface area contributed by atoms with Gasteiger partial charge in [0.1, 0.15) is 0 Å². The first kappa shape index (κ1) is 18.7. The molecule has 0 aliphatic carbocycles. The molecule has 1 atom stereocenters. The largest absolute Gasteiger partial charge is 0.462 e. The van der Waals surface area contributed by atoms with E-state index in [-0.39, 0.29) is 5.97 Å². The van der Waals surface area contributed by atoms with Gasteiger partial charge in [-0.2, -0.15) is 0 Å². The molecule has 0 saturated carbocycles. The smallest absolute Gasteiger partial charge is 0.338 e. The van der Waals surface area contributed by atoms with Crippen molar-refractivity contribution in [3.63, 3.8) is 0 Å². The highest BCUT2D eigenvalue weighted by Crippen LogP contribution is 2.16. The summed E-state index contributed by atoms with van der Waals surface area (Å²) in [5.41, 5.74) is 1.97. The van der Waals surface area contributed by atoms with Gasteiger partial charge in [0.05, 0.1) is 12.2 Å². The number of ether oxygens (including phenoxy) is 1. The van der Waals surface area contributed by atoms with Crippen molar-refractivity contribution < 1.29 is 9.53 Å². The third kappa shape index (κ3) is 7.11. The molecule has 0 spiro atoms. The Morgan fingerprint density at radius 3 is 2.23 bits per heavy atom. The third-order valence-corrected chi connectivity index (χ3v) is 4.12. The summed E-state index contributed by atoms with van der Waals surface area (Å²) >= 11 is 0. The maximum absolute atomic E-state index is 12.1. The van der Waals surface area contributed by atoms with Crippen molar-refractivity contribution in [2.75, 3.05) is 6.61 Å². The highest BCUT2D eigenvalue weighted by molar-refractivity contribution is 5.89. The molecule has 2 nitrogen and oxygen atoms in total. The van der Waals surface area contributed by atoms with Gasteiger partial charge in [0, 0.05) is 0 Å². The molecular weight excluding hydrogens is 272 g/mol. The van der Waals surface area contributed by atoms with E-state index in [0.717, 1.165) is 25.7 Å². The van der Waals surface area contributed by atoms with Crippen molar-refractivity contribution >= 4 is 5.97 Å². The normalized spacial score (nSPS) is 12.1. The lowest BCUT2D eigenvalue weighted by Crippen LogP contribution is -2.14. The van der Waals surface area contributed by atoms with E-state index in [1.54, 1.807) is 0 Å². The lowest BCUT2D eigenvalue weighted by molar-refractivity contribution is 0.0424. The number of benzene rings is 1. The minimum absolute atomic E-state index is 0.181. The van der Waals surface area contributed by atoms with Gasteiger partial charge in [-0.1, -0.05) is 58.6 Å². The fourth-order valence-corrected chi connectivity index (χ4v) is 2.68. The highest BCUT2D eigenvalue weighted by atomic mass is 16.5. The lowest BCUT2D eigenvalue weighted by Gasteiger charge is -2.16. The summed E-state index contributed by atoms with van der Waals surface area (Å²) in [7, 11) is 0. The van der Waals surface area contributed by atoms with Crippen molar-refractivity contribution in [3.05, 3.63) is 35.4 Å². The maximum atomic E-state index is 12.1. The predicted octanol–water partition coefficient (Wildman–Crippen LogP) is 5.79. The number of hydrogen-bond donors (Lipinski definition) is 0. The number of carbonyl (C=O) groups is 1. The van der Waals surface area contributed by atoms with Crippen LogP contribution in [-0.4, -0.2) is 12.6 Å². The van der Waals surface area contributed by atoms with Crippen LogP contribution in [0.3, 0.4) is 0 Å². The zero-order valence-corrected chi connectivity index (χ0v) is 14.6. The van der Waals surface area contributed by atoms with Crippen LogP contribution in [-0.2, 0) is 11.2 Å². The average molecular weight is 304 g/mol. The zero-order valence-electron chi connectivity index (χ0n) is 14.6. The molecule has 0 N–H and O–H groups in total. The minimum atomic E-state index is -0.181. The van der Waals surface area contributed by atoms with Gasteiger partial charge in [0.15, 0.2) is 0 Å². The molecule has 0 fully saturated rings. The molecular formula is C20H32O2. The van der Waals surface area contributed by atoms with Crippen LogP contribution in [0.25, 0.3) is 0 Å². The Hall–Kier alpha value is -1.31. The first-order valence-electron chi connectivity index (χ1n) is 8.97. The zero-order chi connectivity index (χ0) is 16.2. The van der Waals surface area contributed by atoms with Crippen molar-refractivity contribution in [1.29, 1.82) is 0 Å². The number of carbonyl (C=O) groups excluding carboxylic acids is 1. The Kier molecular flexibility index (Phi) is 9.61. The summed E-state index contributed by atoms with van der Waals surface area (Å²) in [5, 5.41) is 0. The van der Waals surface area contributed by atoms with E-state index in [1.165, 1.54) is 31.2 Å². The molecule has 1 aromatic carbocycles. The third-order valence-electron chi connectivity index (χ3n) is 4.12. The molecule has 1 aromatic rings. The summed E-state index contributed by atoms with van der Waals surface area (Å²) in [5.74, 6) is 0.331. The fraction of sp³-hybridized carbons (Fsp3) is 0.650. The number of rotatable bonds is 11. The topological polar surface area (TPSA) is 26.3 Å². The van der Waals surface area contributed by atoms with Crippen LogP contribution in [0.5, 0.6) is 0 Å². The van der Waals surface area contributed by atoms with E-state index in [1.807, 2.05) is 24.3 Å². The Labute approximate surface area is 136 Å². The number of esters is 1. The number of aryl methyl sites for hydroxylation is 1. The molecule has 0 radical (unpaired) electrons. The van der Waals surface area contributed by atoms with Crippen LogP contribution in [0.15, 0.2) is 24.3 Å². The van der Waals surface area contributed by atoms with Crippen LogP contribution < -0.4 is 0 Å². The van der Waals surface area contributed by atoms with E-state index in [9.17, 15) is 4.79 Å². The average Bonchev–Trinajstić information content (AvgIpc) is 2.55. The summed E-state index contributed by atoms with van der Waals surface area (Å²) < 4.78 is 5.52. The molecule has 0 aliphatic heterocycles. The fourth-order valence-electron chi connectivity index (χ4n) is 2.68. The molecule has 0 bridgehead atoms. The molecule has 1 unspecified atom stereocenters. The summed E-state index contributed by atoms with van der Waals surface area (Å²) in [4.78, 5) is 12.1. The second kappa shape index (κ2) is 11.3. The minimum Gasteiger partial charge on any atom is -0.462 e. The van der Waals surface area contributed by atoms with Gasteiger partial charge in [0.25, 0.3) is 0 Å². The Bertz CT molecular complexity index is 408. The van der Waals surface area contributed by atoms with E-state index in [0.29, 0.717) is 18.1 Å². The number of hydrogen-bond acceptors (Lipinski definition) is 2.